The van der Waals surface area contributed by atoms with E-state index in [-0.39, 0.29) is 0 Å². The minimum atomic E-state index is -1.46. The zero-order valence-corrected chi connectivity index (χ0v) is 11.2. The number of ether oxygens (including phenoxy) is 1. The monoisotopic (exact) mass is 252 g/mol. The standard InChI is InChI=1S/C14H20O4/c1-5-10(13(15)16)14(3,17)11-8-9(2)6-7-12(11)18-4/h6-8,10,17H,5H2,1-4H3,(H,15,16). The maximum atomic E-state index is 11.2. The van der Waals surface area contributed by atoms with Crippen molar-refractivity contribution < 1.29 is 19.7 Å². The average Bonchev–Trinajstić information content (AvgIpc) is 2.28. The molecule has 0 aliphatic rings. The summed E-state index contributed by atoms with van der Waals surface area (Å²) in [5.41, 5.74) is 0.00312. The lowest BCUT2D eigenvalue weighted by Gasteiger charge is -2.31. The van der Waals surface area contributed by atoms with Crippen molar-refractivity contribution in [1.29, 1.82) is 0 Å². The number of carboxylic acids is 1. The lowest BCUT2D eigenvalue weighted by molar-refractivity contribution is -0.152. The molecule has 2 N–H and O–H groups in total. The summed E-state index contributed by atoms with van der Waals surface area (Å²) >= 11 is 0. The zero-order chi connectivity index (χ0) is 13.9. The minimum absolute atomic E-state index is 0.347. The Bertz CT molecular complexity index is 437. The highest BCUT2D eigenvalue weighted by Gasteiger charge is 2.39. The first-order valence-electron chi connectivity index (χ1n) is 5.94. The van der Waals surface area contributed by atoms with E-state index in [1.165, 1.54) is 14.0 Å². The number of carbonyl (C=O) groups is 1. The lowest BCUT2D eigenvalue weighted by Crippen LogP contribution is -2.37. The van der Waals surface area contributed by atoms with Crippen molar-refractivity contribution in [2.75, 3.05) is 7.11 Å². The maximum absolute atomic E-state index is 11.2. The van der Waals surface area contributed by atoms with E-state index in [4.69, 9.17) is 4.74 Å². The predicted molar refractivity (Wildman–Crippen MR) is 68.7 cm³/mol. The van der Waals surface area contributed by atoms with E-state index in [0.717, 1.165) is 5.56 Å². The molecule has 0 aliphatic heterocycles. The molecule has 0 radical (unpaired) electrons. The van der Waals surface area contributed by atoms with Crippen LogP contribution < -0.4 is 4.74 Å². The van der Waals surface area contributed by atoms with Crippen LogP contribution in [-0.4, -0.2) is 23.3 Å². The van der Waals surface area contributed by atoms with Crippen molar-refractivity contribution in [3.63, 3.8) is 0 Å². The predicted octanol–water partition coefficient (Wildman–Crippen LogP) is 2.32. The first-order valence-corrected chi connectivity index (χ1v) is 5.94. The largest absolute Gasteiger partial charge is 0.496 e. The normalized spacial score (nSPS) is 15.8. The Balaban J connectivity index is 3.33. The van der Waals surface area contributed by atoms with Crippen LogP contribution in [0.1, 0.15) is 31.4 Å². The summed E-state index contributed by atoms with van der Waals surface area (Å²) in [5.74, 6) is -1.37. The number of aryl methyl sites for hydroxylation is 1. The highest BCUT2D eigenvalue weighted by atomic mass is 16.5. The molecule has 0 bridgehead atoms. The smallest absolute Gasteiger partial charge is 0.309 e. The van der Waals surface area contributed by atoms with Gasteiger partial charge in [0.15, 0.2) is 0 Å². The average molecular weight is 252 g/mol. The number of benzene rings is 1. The molecular weight excluding hydrogens is 232 g/mol. The van der Waals surface area contributed by atoms with Crippen LogP contribution in [0.2, 0.25) is 0 Å². The van der Waals surface area contributed by atoms with E-state index < -0.39 is 17.5 Å². The van der Waals surface area contributed by atoms with Crippen LogP contribution in [-0.2, 0) is 10.4 Å². The first kappa shape index (κ1) is 14.5. The summed E-state index contributed by atoms with van der Waals surface area (Å²) in [7, 11) is 1.51. The second-order valence-electron chi connectivity index (χ2n) is 4.65. The number of methoxy groups -OCH3 is 1. The third-order valence-corrected chi connectivity index (χ3v) is 3.29. The van der Waals surface area contributed by atoms with Gasteiger partial charge in [-0.25, -0.2) is 0 Å². The topological polar surface area (TPSA) is 66.8 Å². The van der Waals surface area contributed by atoms with Gasteiger partial charge in [0.1, 0.15) is 11.4 Å². The van der Waals surface area contributed by atoms with Crippen molar-refractivity contribution in [3.8, 4) is 5.75 Å². The van der Waals surface area contributed by atoms with E-state index in [2.05, 4.69) is 0 Å². The highest BCUT2D eigenvalue weighted by Crippen LogP contribution is 2.37. The summed E-state index contributed by atoms with van der Waals surface area (Å²) in [4.78, 5) is 11.2. The molecule has 4 heteroatoms. The van der Waals surface area contributed by atoms with Crippen LogP contribution in [0.3, 0.4) is 0 Å². The Hall–Kier alpha value is -1.55. The Morgan fingerprint density at radius 2 is 2.11 bits per heavy atom. The van der Waals surface area contributed by atoms with Gasteiger partial charge in [-0.2, -0.15) is 0 Å². The second kappa shape index (κ2) is 5.40. The van der Waals surface area contributed by atoms with E-state index >= 15 is 0 Å². The number of hydrogen-bond acceptors (Lipinski definition) is 3. The molecule has 0 aliphatic carbocycles. The molecule has 0 aromatic heterocycles. The molecule has 0 heterocycles. The number of aliphatic hydroxyl groups is 1. The van der Waals surface area contributed by atoms with Crippen molar-refractivity contribution in [3.05, 3.63) is 29.3 Å². The summed E-state index contributed by atoms with van der Waals surface area (Å²) in [6.07, 6.45) is 0.347. The molecule has 1 aromatic rings. The Morgan fingerprint density at radius 1 is 1.50 bits per heavy atom. The Kier molecular flexibility index (Phi) is 4.35. The van der Waals surface area contributed by atoms with Crippen LogP contribution in [0.4, 0.5) is 0 Å². The van der Waals surface area contributed by atoms with Gasteiger partial charge in [0, 0.05) is 5.56 Å². The summed E-state index contributed by atoms with van der Waals surface area (Å²) in [6, 6.07) is 5.37. The molecule has 0 spiro atoms. The first-order chi connectivity index (χ1) is 8.34. The van der Waals surface area contributed by atoms with E-state index in [1.54, 1.807) is 19.1 Å². The summed E-state index contributed by atoms with van der Waals surface area (Å²) in [5, 5.41) is 19.8. The molecule has 4 nitrogen and oxygen atoms in total. The Morgan fingerprint density at radius 3 is 2.56 bits per heavy atom. The van der Waals surface area contributed by atoms with Crippen molar-refractivity contribution in [2.45, 2.75) is 32.8 Å². The third kappa shape index (κ3) is 2.64. The fraction of sp³-hybridized carbons (Fsp3) is 0.500. The van der Waals surface area contributed by atoms with Gasteiger partial charge < -0.3 is 14.9 Å². The molecule has 1 rings (SSSR count). The van der Waals surface area contributed by atoms with E-state index in [0.29, 0.717) is 17.7 Å². The molecule has 0 saturated heterocycles. The van der Waals surface area contributed by atoms with Gasteiger partial charge in [0.25, 0.3) is 0 Å². The minimum Gasteiger partial charge on any atom is -0.496 e. The molecule has 0 amide bonds. The molecule has 2 atom stereocenters. The van der Waals surface area contributed by atoms with Crippen LogP contribution in [0.5, 0.6) is 5.75 Å². The van der Waals surface area contributed by atoms with Gasteiger partial charge >= 0.3 is 5.97 Å². The lowest BCUT2D eigenvalue weighted by atomic mass is 9.80. The van der Waals surface area contributed by atoms with Crippen LogP contribution in [0, 0.1) is 12.8 Å². The molecule has 18 heavy (non-hydrogen) atoms. The second-order valence-corrected chi connectivity index (χ2v) is 4.65. The summed E-state index contributed by atoms with van der Waals surface area (Å²) in [6.45, 7) is 5.16. The molecule has 0 fully saturated rings. The van der Waals surface area contributed by atoms with E-state index in [9.17, 15) is 15.0 Å². The Labute approximate surface area is 107 Å². The SMILES string of the molecule is CCC(C(=O)O)C(C)(O)c1cc(C)ccc1OC. The van der Waals surface area contributed by atoms with Gasteiger partial charge in [-0.15, -0.1) is 0 Å². The van der Waals surface area contributed by atoms with Crippen LogP contribution >= 0.6 is 0 Å². The van der Waals surface area contributed by atoms with Crippen LogP contribution in [0.15, 0.2) is 18.2 Å². The third-order valence-electron chi connectivity index (χ3n) is 3.29. The molecule has 2 unspecified atom stereocenters. The van der Waals surface area contributed by atoms with Crippen molar-refractivity contribution in [1.82, 2.24) is 0 Å². The van der Waals surface area contributed by atoms with Crippen LogP contribution in [0.25, 0.3) is 0 Å². The highest BCUT2D eigenvalue weighted by molar-refractivity contribution is 5.72. The molecule has 0 saturated carbocycles. The number of hydrogen-bond donors (Lipinski definition) is 2. The quantitative estimate of drug-likeness (QED) is 0.844. The number of carboxylic acid groups (broad SMARTS) is 1. The van der Waals surface area contributed by atoms with Gasteiger partial charge in [0.2, 0.25) is 0 Å². The van der Waals surface area contributed by atoms with Gasteiger partial charge in [-0.1, -0.05) is 18.6 Å². The molecular formula is C14H20O4. The fourth-order valence-corrected chi connectivity index (χ4v) is 2.22. The van der Waals surface area contributed by atoms with E-state index in [1.807, 2.05) is 13.0 Å². The van der Waals surface area contributed by atoms with Gasteiger partial charge in [0.05, 0.1) is 13.0 Å². The maximum Gasteiger partial charge on any atom is 0.309 e. The summed E-state index contributed by atoms with van der Waals surface area (Å²) < 4.78 is 5.21. The van der Waals surface area contributed by atoms with Crippen molar-refractivity contribution >= 4 is 5.97 Å². The number of rotatable bonds is 5. The molecule has 1 aromatic carbocycles. The van der Waals surface area contributed by atoms with Gasteiger partial charge in [-0.05, 0) is 32.4 Å². The zero-order valence-electron chi connectivity index (χ0n) is 11.2. The van der Waals surface area contributed by atoms with Crippen molar-refractivity contribution in [2.24, 2.45) is 5.92 Å². The molecule has 100 valence electrons. The van der Waals surface area contributed by atoms with Gasteiger partial charge in [-0.3, -0.25) is 4.79 Å². The number of aliphatic carboxylic acids is 1. The fourth-order valence-electron chi connectivity index (χ4n) is 2.22.